The number of aromatic nitrogens is 2. The fraction of sp³-hybridized carbons (Fsp3) is 0.263. The van der Waals surface area contributed by atoms with Crippen molar-refractivity contribution in [2.75, 3.05) is 0 Å². The molecular formula is C19H18FN3O. The summed E-state index contributed by atoms with van der Waals surface area (Å²) in [5.41, 5.74) is 2.67. The quantitative estimate of drug-likeness (QED) is 0.758. The molecular weight excluding hydrogens is 305 g/mol. The molecule has 1 unspecified atom stereocenters. The third-order valence-corrected chi connectivity index (χ3v) is 4.18. The van der Waals surface area contributed by atoms with Gasteiger partial charge in [-0.2, -0.15) is 4.98 Å². The maximum Gasteiger partial charge on any atom is 0.243 e. The van der Waals surface area contributed by atoms with Crippen LogP contribution in [0.4, 0.5) is 4.39 Å². The van der Waals surface area contributed by atoms with E-state index in [9.17, 15) is 4.39 Å². The number of benzene rings is 2. The van der Waals surface area contributed by atoms with E-state index in [1.807, 2.05) is 37.3 Å². The molecule has 0 radical (unpaired) electrons. The maximum absolute atomic E-state index is 13.3. The van der Waals surface area contributed by atoms with Crippen LogP contribution in [0.25, 0.3) is 22.5 Å². The minimum absolute atomic E-state index is 0.0605. The Labute approximate surface area is 139 Å². The summed E-state index contributed by atoms with van der Waals surface area (Å²) in [5.74, 6) is 0.933. The van der Waals surface area contributed by atoms with Crippen molar-refractivity contribution in [3.8, 4) is 22.5 Å². The summed E-state index contributed by atoms with van der Waals surface area (Å²) < 4.78 is 18.7. The molecule has 1 heterocycles. The van der Waals surface area contributed by atoms with Crippen molar-refractivity contribution in [1.82, 2.24) is 15.5 Å². The van der Waals surface area contributed by atoms with Crippen LogP contribution in [0, 0.1) is 5.82 Å². The van der Waals surface area contributed by atoms with Gasteiger partial charge in [0, 0.05) is 11.6 Å². The molecule has 1 saturated carbocycles. The molecule has 4 nitrogen and oxygen atoms in total. The second kappa shape index (κ2) is 6.17. The first-order chi connectivity index (χ1) is 11.7. The Morgan fingerprint density at radius 3 is 2.54 bits per heavy atom. The van der Waals surface area contributed by atoms with Gasteiger partial charge in [-0.05, 0) is 43.0 Å². The van der Waals surface area contributed by atoms with Crippen LogP contribution in [0.5, 0.6) is 0 Å². The van der Waals surface area contributed by atoms with Crippen molar-refractivity contribution >= 4 is 0 Å². The van der Waals surface area contributed by atoms with E-state index < -0.39 is 0 Å². The van der Waals surface area contributed by atoms with Crippen LogP contribution in [0.1, 0.15) is 31.7 Å². The predicted octanol–water partition coefficient (Wildman–Crippen LogP) is 4.36. The molecule has 0 aliphatic heterocycles. The molecule has 0 saturated heterocycles. The second-order valence-corrected chi connectivity index (χ2v) is 6.21. The van der Waals surface area contributed by atoms with Gasteiger partial charge in [0.15, 0.2) is 0 Å². The van der Waals surface area contributed by atoms with E-state index in [0.29, 0.717) is 17.8 Å². The van der Waals surface area contributed by atoms with Crippen molar-refractivity contribution in [2.24, 2.45) is 0 Å². The Balaban J connectivity index is 1.53. The highest BCUT2D eigenvalue weighted by Crippen LogP contribution is 2.26. The minimum Gasteiger partial charge on any atom is -0.337 e. The van der Waals surface area contributed by atoms with E-state index in [1.54, 1.807) is 6.07 Å². The fourth-order valence-electron chi connectivity index (χ4n) is 2.68. The van der Waals surface area contributed by atoms with Crippen molar-refractivity contribution in [3.05, 3.63) is 60.2 Å². The van der Waals surface area contributed by atoms with E-state index in [4.69, 9.17) is 4.52 Å². The molecule has 0 spiro atoms. The number of rotatable bonds is 5. The van der Waals surface area contributed by atoms with Gasteiger partial charge in [-0.3, -0.25) is 0 Å². The predicted molar refractivity (Wildman–Crippen MR) is 89.7 cm³/mol. The van der Waals surface area contributed by atoms with Gasteiger partial charge in [0.1, 0.15) is 5.82 Å². The summed E-state index contributed by atoms with van der Waals surface area (Å²) in [7, 11) is 0. The van der Waals surface area contributed by atoms with Crippen molar-refractivity contribution in [1.29, 1.82) is 0 Å². The lowest BCUT2D eigenvalue weighted by Gasteiger charge is -2.06. The van der Waals surface area contributed by atoms with Crippen LogP contribution in [0.2, 0.25) is 0 Å². The van der Waals surface area contributed by atoms with Gasteiger partial charge in [0.05, 0.1) is 6.04 Å². The lowest BCUT2D eigenvalue weighted by Crippen LogP contribution is -2.20. The average Bonchev–Trinajstić information content (AvgIpc) is 3.27. The fourth-order valence-corrected chi connectivity index (χ4v) is 2.68. The molecule has 1 N–H and O–H groups in total. The van der Waals surface area contributed by atoms with Gasteiger partial charge < -0.3 is 9.84 Å². The highest BCUT2D eigenvalue weighted by Gasteiger charge is 2.25. The lowest BCUT2D eigenvalue weighted by molar-refractivity contribution is 0.338. The summed E-state index contributed by atoms with van der Waals surface area (Å²) in [6.45, 7) is 2.03. The van der Waals surface area contributed by atoms with Gasteiger partial charge in [0.2, 0.25) is 11.7 Å². The molecule has 3 aromatic rings. The van der Waals surface area contributed by atoms with Crippen LogP contribution in [-0.4, -0.2) is 16.2 Å². The SMILES string of the molecule is CC(NC1CC1)c1nc(-c2ccc(-c3cccc(F)c3)cc2)no1. The van der Waals surface area contributed by atoms with Gasteiger partial charge in [-0.1, -0.05) is 41.6 Å². The van der Waals surface area contributed by atoms with E-state index in [1.165, 1.54) is 25.0 Å². The Bertz CT molecular complexity index is 840. The first-order valence-electron chi connectivity index (χ1n) is 8.15. The highest BCUT2D eigenvalue weighted by atomic mass is 19.1. The molecule has 1 atom stereocenters. The molecule has 0 bridgehead atoms. The zero-order chi connectivity index (χ0) is 16.5. The number of halogens is 1. The molecule has 1 aromatic heterocycles. The monoisotopic (exact) mass is 323 g/mol. The van der Waals surface area contributed by atoms with Crippen LogP contribution >= 0.6 is 0 Å². The summed E-state index contributed by atoms with van der Waals surface area (Å²) >= 11 is 0. The van der Waals surface area contributed by atoms with Crippen molar-refractivity contribution < 1.29 is 8.91 Å². The molecule has 5 heteroatoms. The molecule has 24 heavy (non-hydrogen) atoms. The Hall–Kier alpha value is -2.53. The Kier molecular flexibility index (Phi) is 3.86. The zero-order valence-corrected chi connectivity index (χ0v) is 13.4. The van der Waals surface area contributed by atoms with E-state index in [0.717, 1.165) is 16.7 Å². The topological polar surface area (TPSA) is 51.0 Å². The van der Waals surface area contributed by atoms with E-state index in [2.05, 4.69) is 15.5 Å². The first kappa shape index (κ1) is 15.0. The average molecular weight is 323 g/mol. The minimum atomic E-state index is -0.239. The summed E-state index contributed by atoms with van der Waals surface area (Å²) in [6, 6.07) is 14.9. The van der Waals surface area contributed by atoms with Crippen LogP contribution in [-0.2, 0) is 0 Å². The third kappa shape index (κ3) is 3.21. The standard InChI is InChI=1S/C19H18FN3O/c1-12(21-17-9-10-17)19-22-18(23-24-19)14-7-5-13(6-8-14)15-3-2-4-16(20)11-15/h2-8,11-12,17,21H,9-10H2,1H3. The molecule has 122 valence electrons. The molecule has 4 rings (SSSR count). The lowest BCUT2D eigenvalue weighted by atomic mass is 10.0. The number of nitrogens with zero attached hydrogens (tertiary/aromatic N) is 2. The van der Waals surface area contributed by atoms with E-state index >= 15 is 0 Å². The maximum atomic E-state index is 13.3. The van der Waals surface area contributed by atoms with Gasteiger partial charge >= 0.3 is 0 Å². The van der Waals surface area contributed by atoms with E-state index in [-0.39, 0.29) is 11.9 Å². The Morgan fingerprint density at radius 2 is 1.83 bits per heavy atom. The number of nitrogens with one attached hydrogen (secondary N) is 1. The smallest absolute Gasteiger partial charge is 0.243 e. The van der Waals surface area contributed by atoms with Gasteiger partial charge in [0.25, 0.3) is 0 Å². The van der Waals surface area contributed by atoms with Crippen LogP contribution in [0.15, 0.2) is 53.1 Å². The number of hydrogen-bond acceptors (Lipinski definition) is 4. The summed E-state index contributed by atoms with van der Waals surface area (Å²) in [5, 5.41) is 7.50. The molecule has 1 fully saturated rings. The van der Waals surface area contributed by atoms with Crippen molar-refractivity contribution in [2.45, 2.75) is 31.8 Å². The van der Waals surface area contributed by atoms with Crippen LogP contribution < -0.4 is 5.32 Å². The van der Waals surface area contributed by atoms with Gasteiger partial charge in [-0.15, -0.1) is 0 Å². The normalized spacial score (nSPS) is 15.4. The Morgan fingerprint density at radius 1 is 1.08 bits per heavy atom. The third-order valence-electron chi connectivity index (χ3n) is 4.18. The molecule has 2 aromatic carbocycles. The van der Waals surface area contributed by atoms with Gasteiger partial charge in [-0.25, -0.2) is 4.39 Å². The largest absolute Gasteiger partial charge is 0.337 e. The molecule has 1 aliphatic carbocycles. The molecule has 0 amide bonds. The van der Waals surface area contributed by atoms with Crippen molar-refractivity contribution in [3.63, 3.8) is 0 Å². The zero-order valence-electron chi connectivity index (χ0n) is 13.4. The highest BCUT2D eigenvalue weighted by molar-refractivity contribution is 5.67. The number of hydrogen-bond donors (Lipinski definition) is 1. The first-order valence-corrected chi connectivity index (χ1v) is 8.15. The van der Waals surface area contributed by atoms with Crippen LogP contribution in [0.3, 0.4) is 0 Å². The summed E-state index contributed by atoms with van der Waals surface area (Å²) in [6.07, 6.45) is 2.43. The second-order valence-electron chi connectivity index (χ2n) is 6.21. The molecule has 1 aliphatic rings. The summed E-state index contributed by atoms with van der Waals surface area (Å²) in [4.78, 5) is 4.48.